The Bertz CT molecular complexity index is 918. The second-order valence-corrected chi connectivity index (χ2v) is 6.29. The summed E-state index contributed by atoms with van der Waals surface area (Å²) in [4.78, 5) is 17.0. The Morgan fingerprint density at radius 1 is 1.31 bits per heavy atom. The summed E-state index contributed by atoms with van der Waals surface area (Å²) >= 11 is 0. The number of aromatic nitrogens is 3. The molecule has 2 N–H and O–H groups in total. The first-order valence-electron chi connectivity index (χ1n) is 8.43. The van der Waals surface area contributed by atoms with Crippen LogP contribution >= 0.6 is 0 Å². The number of phenolic OH excluding ortho intramolecular Hbond substituents is 1. The van der Waals surface area contributed by atoms with E-state index >= 15 is 0 Å². The molecule has 1 amide bonds. The summed E-state index contributed by atoms with van der Waals surface area (Å²) < 4.78 is 7.08. The number of benzene rings is 1. The smallest absolute Gasteiger partial charge is 0.256 e. The molecule has 0 saturated heterocycles. The van der Waals surface area contributed by atoms with Crippen molar-refractivity contribution in [3.8, 4) is 11.5 Å². The highest BCUT2D eigenvalue weighted by Gasteiger charge is 2.19. The van der Waals surface area contributed by atoms with Gasteiger partial charge >= 0.3 is 0 Å². The van der Waals surface area contributed by atoms with Crippen LogP contribution in [0.3, 0.4) is 0 Å². The lowest BCUT2D eigenvalue weighted by Crippen LogP contribution is -2.33. The van der Waals surface area contributed by atoms with Crippen LogP contribution in [0, 0.1) is 0 Å². The Morgan fingerprint density at radius 2 is 2.04 bits per heavy atom. The average molecular weight is 354 g/mol. The summed E-state index contributed by atoms with van der Waals surface area (Å²) in [6, 6.07) is 7.07. The van der Waals surface area contributed by atoms with Crippen LogP contribution in [-0.2, 0) is 13.5 Å². The van der Waals surface area contributed by atoms with Crippen molar-refractivity contribution in [3.63, 3.8) is 0 Å². The van der Waals surface area contributed by atoms with Crippen LogP contribution in [0.25, 0.3) is 11.0 Å². The lowest BCUT2D eigenvalue weighted by atomic mass is 10.1. The van der Waals surface area contributed by atoms with Crippen LogP contribution in [0.15, 0.2) is 36.7 Å². The predicted octanol–water partition coefficient (Wildman–Crippen LogP) is 2.43. The van der Waals surface area contributed by atoms with Gasteiger partial charge in [0, 0.05) is 19.3 Å². The molecule has 2 aromatic heterocycles. The second kappa shape index (κ2) is 7.43. The Labute approximate surface area is 151 Å². The summed E-state index contributed by atoms with van der Waals surface area (Å²) in [5, 5.41) is 17.2. The zero-order chi connectivity index (χ0) is 18.7. The number of phenols is 1. The summed E-state index contributed by atoms with van der Waals surface area (Å²) in [5.74, 6) is 0.505. The molecule has 1 atom stereocenters. The first kappa shape index (κ1) is 17.7. The van der Waals surface area contributed by atoms with Crippen molar-refractivity contribution in [3.05, 3.63) is 47.8 Å². The number of hydrogen-bond acceptors (Lipinski definition) is 5. The Kier molecular flexibility index (Phi) is 5.06. The Hall–Kier alpha value is -3.09. The molecule has 1 unspecified atom stereocenters. The molecule has 0 bridgehead atoms. The number of aromatic hydroxyl groups is 1. The van der Waals surface area contributed by atoms with Crippen LogP contribution in [0.2, 0.25) is 0 Å². The molecular weight excluding hydrogens is 332 g/mol. The molecule has 0 aliphatic rings. The third kappa shape index (κ3) is 3.61. The molecule has 0 saturated carbocycles. The Morgan fingerprint density at radius 3 is 2.73 bits per heavy atom. The van der Waals surface area contributed by atoms with E-state index in [1.54, 1.807) is 30.1 Å². The fourth-order valence-corrected chi connectivity index (χ4v) is 2.87. The zero-order valence-corrected chi connectivity index (χ0v) is 15.1. The fraction of sp³-hybridized carbons (Fsp3) is 0.316. The predicted molar refractivity (Wildman–Crippen MR) is 98.4 cm³/mol. The summed E-state index contributed by atoms with van der Waals surface area (Å²) in [7, 11) is 3.33. The number of carbonyl (C=O) groups is 1. The maximum Gasteiger partial charge on any atom is 0.256 e. The van der Waals surface area contributed by atoms with Crippen LogP contribution in [-0.4, -0.2) is 38.9 Å². The highest BCUT2D eigenvalue weighted by molar-refractivity contribution is 6.01. The minimum atomic E-state index is -0.224. The number of ether oxygens (including phenoxy) is 1. The normalized spacial score (nSPS) is 12.1. The first-order chi connectivity index (χ1) is 12.5. The van der Waals surface area contributed by atoms with Crippen molar-refractivity contribution in [2.75, 3.05) is 7.11 Å². The summed E-state index contributed by atoms with van der Waals surface area (Å²) in [6.07, 6.45) is 4.75. The number of amides is 1. The van der Waals surface area contributed by atoms with Crippen LogP contribution in [0.1, 0.15) is 29.3 Å². The van der Waals surface area contributed by atoms with Gasteiger partial charge in [0.1, 0.15) is 17.1 Å². The van der Waals surface area contributed by atoms with E-state index in [2.05, 4.69) is 15.4 Å². The van der Waals surface area contributed by atoms with E-state index in [4.69, 9.17) is 4.74 Å². The van der Waals surface area contributed by atoms with Gasteiger partial charge in [-0.2, -0.15) is 5.10 Å². The quantitative estimate of drug-likeness (QED) is 0.710. The topological polar surface area (TPSA) is 89.3 Å². The molecule has 3 aromatic rings. The number of rotatable bonds is 6. The third-order valence-electron chi connectivity index (χ3n) is 4.34. The molecule has 0 radical (unpaired) electrons. The first-order valence-corrected chi connectivity index (χ1v) is 8.43. The van der Waals surface area contributed by atoms with Gasteiger partial charge in [-0.25, -0.2) is 4.98 Å². The molecule has 0 spiro atoms. The van der Waals surface area contributed by atoms with E-state index in [0.29, 0.717) is 22.3 Å². The van der Waals surface area contributed by atoms with Gasteiger partial charge in [-0.15, -0.1) is 0 Å². The van der Waals surface area contributed by atoms with Gasteiger partial charge in [-0.3, -0.25) is 9.48 Å². The van der Waals surface area contributed by atoms with Crippen molar-refractivity contribution >= 4 is 16.9 Å². The molecule has 1 aromatic carbocycles. The lowest BCUT2D eigenvalue weighted by molar-refractivity contribution is 0.0935. The third-order valence-corrected chi connectivity index (χ3v) is 4.34. The fourth-order valence-electron chi connectivity index (χ4n) is 2.87. The van der Waals surface area contributed by atoms with Crippen molar-refractivity contribution in [1.29, 1.82) is 0 Å². The maximum atomic E-state index is 12.6. The Balaban J connectivity index is 1.69. The molecule has 0 fully saturated rings. The second-order valence-electron chi connectivity index (χ2n) is 6.29. The molecule has 3 rings (SSSR count). The number of carbonyl (C=O) groups excluding carboxylic acids is 1. The number of methoxy groups -OCH3 is 1. The van der Waals surface area contributed by atoms with Crippen LogP contribution in [0.4, 0.5) is 0 Å². The van der Waals surface area contributed by atoms with Gasteiger partial charge < -0.3 is 15.2 Å². The van der Waals surface area contributed by atoms with Gasteiger partial charge in [-0.1, -0.05) is 12.1 Å². The molecule has 0 aliphatic heterocycles. The highest BCUT2D eigenvalue weighted by atomic mass is 16.5. The van der Waals surface area contributed by atoms with Crippen LogP contribution < -0.4 is 10.1 Å². The maximum absolute atomic E-state index is 12.6. The molecule has 136 valence electrons. The standard InChI is InChI=1S/C19H22N4O3/c1-12(4-5-13-6-8-14(24)9-7-13)22-19(25)16-10-20-18-15(17(16)26-3)11-21-23(18)2/h6-12,24H,4-5H2,1-3H3,(H,22,25). The van der Waals surface area contributed by atoms with E-state index < -0.39 is 0 Å². The van der Waals surface area contributed by atoms with E-state index in [1.807, 2.05) is 19.1 Å². The van der Waals surface area contributed by atoms with Crippen molar-refractivity contribution in [1.82, 2.24) is 20.1 Å². The monoisotopic (exact) mass is 354 g/mol. The van der Waals surface area contributed by atoms with Crippen LogP contribution in [0.5, 0.6) is 11.5 Å². The van der Waals surface area contributed by atoms with Gasteiger partial charge in [-0.05, 0) is 37.5 Å². The lowest BCUT2D eigenvalue weighted by Gasteiger charge is -2.15. The average Bonchev–Trinajstić information content (AvgIpc) is 3.01. The molecular formula is C19H22N4O3. The van der Waals surface area contributed by atoms with E-state index in [9.17, 15) is 9.90 Å². The molecule has 2 heterocycles. The number of pyridine rings is 1. The molecule has 7 heteroatoms. The van der Waals surface area contributed by atoms with Gasteiger partial charge in [0.2, 0.25) is 0 Å². The van der Waals surface area contributed by atoms with E-state index in [-0.39, 0.29) is 17.7 Å². The molecule has 0 aliphatic carbocycles. The largest absolute Gasteiger partial charge is 0.508 e. The number of hydrogen-bond donors (Lipinski definition) is 2. The number of nitrogens with zero attached hydrogens (tertiary/aromatic N) is 3. The molecule has 7 nitrogen and oxygen atoms in total. The SMILES string of the molecule is COc1c(C(=O)NC(C)CCc2ccc(O)cc2)cnc2c1cnn2C. The number of nitrogens with one attached hydrogen (secondary N) is 1. The van der Waals surface area contributed by atoms with Crippen molar-refractivity contribution in [2.24, 2.45) is 7.05 Å². The number of fused-ring (bicyclic) bond motifs is 1. The van der Waals surface area contributed by atoms with Gasteiger partial charge in [0.05, 0.1) is 18.7 Å². The number of aryl methyl sites for hydroxylation is 2. The van der Waals surface area contributed by atoms with Crippen molar-refractivity contribution < 1.29 is 14.6 Å². The summed E-state index contributed by atoms with van der Waals surface area (Å²) in [6.45, 7) is 1.96. The highest BCUT2D eigenvalue weighted by Crippen LogP contribution is 2.27. The summed E-state index contributed by atoms with van der Waals surface area (Å²) in [5.41, 5.74) is 2.17. The minimum Gasteiger partial charge on any atom is -0.508 e. The van der Waals surface area contributed by atoms with E-state index in [1.165, 1.54) is 13.3 Å². The van der Waals surface area contributed by atoms with Gasteiger partial charge in [0.15, 0.2) is 5.65 Å². The van der Waals surface area contributed by atoms with Crippen molar-refractivity contribution in [2.45, 2.75) is 25.8 Å². The minimum absolute atomic E-state index is 0.0226. The zero-order valence-electron chi connectivity index (χ0n) is 15.1. The van der Waals surface area contributed by atoms with E-state index in [0.717, 1.165) is 18.4 Å². The van der Waals surface area contributed by atoms with Gasteiger partial charge in [0.25, 0.3) is 5.91 Å². The molecule has 26 heavy (non-hydrogen) atoms.